The third kappa shape index (κ3) is 2.91. The second kappa shape index (κ2) is 5.92. The first-order valence-corrected chi connectivity index (χ1v) is 6.48. The molecule has 2 unspecified atom stereocenters. The van der Waals surface area contributed by atoms with Crippen molar-refractivity contribution in [3.63, 3.8) is 0 Å². The first-order valence-electron chi connectivity index (χ1n) is 6.48. The van der Waals surface area contributed by atoms with Gasteiger partial charge in [-0.25, -0.2) is 4.98 Å². The summed E-state index contributed by atoms with van der Waals surface area (Å²) in [5.41, 5.74) is 7.20. The van der Waals surface area contributed by atoms with Crippen LogP contribution in [0.1, 0.15) is 6.42 Å². The maximum Gasteiger partial charge on any atom is 0.239 e. The molecule has 1 aromatic rings. The summed E-state index contributed by atoms with van der Waals surface area (Å²) in [6, 6.07) is 1.78. The molecule has 0 spiro atoms. The second-order valence-electron chi connectivity index (χ2n) is 4.99. The number of nitrogens with zero attached hydrogens (tertiary/aromatic N) is 2. The second-order valence-corrected chi connectivity index (χ2v) is 4.99. The van der Waals surface area contributed by atoms with Crippen LogP contribution in [0.15, 0.2) is 24.4 Å². The number of anilines is 2. The number of amides is 1. The third-order valence-electron chi connectivity index (χ3n) is 3.27. The molecule has 0 aromatic carbocycles. The van der Waals surface area contributed by atoms with Crippen LogP contribution >= 0.6 is 0 Å². The normalized spacial score (nSPS) is 20.8. The molecule has 2 rings (SSSR count). The summed E-state index contributed by atoms with van der Waals surface area (Å²) >= 11 is 0. The number of hydrogen-bond acceptors (Lipinski definition) is 5. The van der Waals surface area contributed by atoms with Gasteiger partial charge in [0.1, 0.15) is 5.69 Å². The van der Waals surface area contributed by atoms with E-state index in [9.17, 15) is 4.79 Å². The molecule has 108 valence electrons. The highest BCUT2D eigenvalue weighted by Crippen LogP contribution is 2.33. The van der Waals surface area contributed by atoms with Gasteiger partial charge >= 0.3 is 0 Å². The molecule has 1 aliphatic carbocycles. The average molecular weight is 276 g/mol. The van der Waals surface area contributed by atoms with Crippen molar-refractivity contribution in [1.29, 1.82) is 0 Å². The van der Waals surface area contributed by atoms with Crippen molar-refractivity contribution in [2.24, 2.45) is 11.7 Å². The number of aromatic nitrogens is 1. The first kappa shape index (κ1) is 14.3. The zero-order valence-electron chi connectivity index (χ0n) is 12.0. The van der Waals surface area contributed by atoms with Gasteiger partial charge in [-0.2, -0.15) is 0 Å². The van der Waals surface area contributed by atoms with E-state index in [0.717, 1.165) is 5.69 Å². The highest BCUT2D eigenvalue weighted by Gasteiger charge is 2.25. The van der Waals surface area contributed by atoms with Gasteiger partial charge in [-0.15, -0.1) is 0 Å². The zero-order valence-corrected chi connectivity index (χ0v) is 12.0. The van der Waals surface area contributed by atoms with Crippen LogP contribution in [0.3, 0.4) is 0 Å². The predicted molar refractivity (Wildman–Crippen MR) is 79.0 cm³/mol. The van der Waals surface area contributed by atoms with E-state index in [1.54, 1.807) is 6.20 Å². The number of rotatable bonds is 4. The van der Waals surface area contributed by atoms with Gasteiger partial charge in [0, 0.05) is 26.3 Å². The number of pyridine rings is 1. The predicted octanol–water partition coefficient (Wildman–Crippen LogP) is 0.998. The Morgan fingerprint density at radius 1 is 1.50 bits per heavy atom. The molecule has 0 fully saturated rings. The lowest BCUT2D eigenvalue weighted by Gasteiger charge is -2.20. The summed E-state index contributed by atoms with van der Waals surface area (Å²) in [7, 11) is 5.33. The highest BCUT2D eigenvalue weighted by molar-refractivity contribution is 5.98. The Kier molecular flexibility index (Phi) is 4.24. The van der Waals surface area contributed by atoms with Crippen LogP contribution in [-0.2, 0) is 4.79 Å². The Morgan fingerprint density at radius 2 is 2.25 bits per heavy atom. The third-order valence-corrected chi connectivity index (χ3v) is 3.27. The van der Waals surface area contributed by atoms with Crippen LogP contribution in [0, 0.1) is 5.92 Å². The molecule has 6 nitrogen and oxygen atoms in total. The van der Waals surface area contributed by atoms with Gasteiger partial charge in [-0.1, -0.05) is 12.2 Å². The summed E-state index contributed by atoms with van der Waals surface area (Å²) in [6.07, 6.45) is 5.98. The molecule has 6 heteroatoms. The van der Waals surface area contributed by atoms with E-state index in [4.69, 9.17) is 10.5 Å². The van der Waals surface area contributed by atoms with Crippen molar-refractivity contribution in [3.05, 3.63) is 24.4 Å². The quantitative estimate of drug-likeness (QED) is 0.802. The van der Waals surface area contributed by atoms with Crippen molar-refractivity contribution in [1.82, 2.24) is 4.98 Å². The van der Waals surface area contributed by atoms with Gasteiger partial charge in [0.05, 0.1) is 18.7 Å². The lowest BCUT2D eigenvalue weighted by molar-refractivity contribution is -0.118. The molecular formula is C14H20N4O2. The van der Waals surface area contributed by atoms with Gasteiger partial charge in [0.25, 0.3) is 0 Å². The smallest absolute Gasteiger partial charge is 0.239 e. The monoisotopic (exact) mass is 276 g/mol. The molecule has 20 heavy (non-hydrogen) atoms. The number of carbonyl (C=O) groups is 1. The summed E-state index contributed by atoms with van der Waals surface area (Å²) < 4.78 is 5.23. The topological polar surface area (TPSA) is 80.5 Å². The van der Waals surface area contributed by atoms with E-state index in [-0.39, 0.29) is 17.9 Å². The van der Waals surface area contributed by atoms with Crippen molar-refractivity contribution >= 4 is 17.3 Å². The van der Waals surface area contributed by atoms with E-state index in [2.05, 4.69) is 10.3 Å². The molecule has 2 atom stereocenters. The minimum absolute atomic E-state index is 0.0464. The van der Waals surface area contributed by atoms with E-state index in [0.29, 0.717) is 18.0 Å². The standard InChI is InChI=1S/C14H20N4O2/c1-18(2)11-6-7-16-14(20-3)12(11)17-13(19)9-4-5-10(15)8-9/h4-7,9-10H,8,15H2,1-3H3,(H,17,19). The van der Waals surface area contributed by atoms with Crippen LogP contribution < -0.4 is 20.7 Å². The first-order chi connectivity index (χ1) is 9.52. The Labute approximate surface area is 118 Å². The molecule has 0 bridgehead atoms. The summed E-state index contributed by atoms with van der Waals surface area (Å²) in [6.45, 7) is 0. The van der Waals surface area contributed by atoms with Crippen molar-refractivity contribution in [2.75, 3.05) is 31.4 Å². The van der Waals surface area contributed by atoms with E-state index in [1.807, 2.05) is 37.2 Å². The molecule has 1 aliphatic rings. The van der Waals surface area contributed by atoms with Crippen LogP contribution in [0.2, 0.25) is 0 Å². The molecule has 3 N–H and O–H groups in total. The van der Waals surface area contributed by atoms with Crippen LogP contribution in [0.4, 0.5) is 11.4 Å². The maximum atomic E-state index is 12.3. The fourth-order valence-corrected chi connectivity index (χ4v) is 2.22. The highest BCUT2D eigenvalue weighted by atomic mass is 16.5. The van der Waals surface area contributed by atoms with Gasteiger partial charge in [0.15, 0.2) is 0 Å². The molecule has 0 aliphatic heterocycles. The molecule has 1 aromatic heterocycles. The molecule has 1 amide bonds. The fraction of sp³-hybridized carbons (Fsp3) is 0.429. The number of hydrogen-bond donors (Lipinski definition) is 2. The lowest BCUT2D eigenvalue weighted by atomic mass is 10.1. The number of carbonyl (C=O) groups excluding carboxylic acids is 1. The minimum Gasteiger partial charge on any atom is -0.479 e. The van der Waals surface area contributed by atoms with Gasteiger partial charge < -0.3 is 20.7 Å². The Bertz CT molecular complexity index is 528. The largest absolute Gasteiger partial charge is 0.479 e. The number of methoxy groups -OCH3 is 1. The maximum absolute atomic E-state index is 12.3. The average Bonchev–Trinajstić information content (AvgIpc) is 2.85. The minimum atomic E-state index is -0.204. The van der Waals surface area contributed by atoms with Gasteiger partial charge in [-0.05, 0) is 12.5 Å². The number of nitrogens with two attached hydrogens (primary N) is 1. The van der Waals surface area contributed by atoms with Crippen molar-refractivity contribution in [2.45, 2.75) is 12.5 Å². The molecule has 0 saturated heterocycles. The van der Waals surface area contributed by atoms with Gasteiger partial charge in [0.2, 0.25) is 11.8 Å². The number of nitrogens with one attached hydrogen (secondary N) is 1. The molecule has 0 radical (unpaired) electrons. The van der Waals surface area contributed by atoms with E-state index in [1.165, 1.54) is 7.11 Å². The van der Waals surface area contributed by atoms with Crippen molar-refractivity contribution in [3.8, 4) is 5.88 Å². The molecular weight excluding hydrogens is 256 g/mol. The van der Waals surface area contributed by atoms with Crippen LogP contribution in [0.25, 0.3) is 0 Å². The lowest BCUT2D eigenvalue weighted by Crippen LogP contribution is -2.25. The molecule has 1 heterocycles. The van der Waals surface area contributed by atoms with Gasteiger partial charge in [-0.3, -0.25) is 4.79 Å². The fourth-order valence-electron chi connectivity index (χ4n) is 2.22. The summed E-state index contributed by atoms with van der Waals surface area (Å²) in [4.78, 5) is 18.3. The molecule has 0 saturated carbocycles. The summed E-state index contributed by atoms with van der Waals surface area (Å²) in [5, 5.41) is 2.90. The SMILES string of the molecule is COc1nccc(N(C)C)c1NC(=O)C1C=CC(N)C1. The zero-order chi connectivity index (χ0) is 14.7. The Balaban J connectivity index is 2.23. The summed E-state index contributed by atoms with van der Waals surface area (Å²) in [5.74, 6) is 0.101. The Hall–Kier alpha value is -2.08. The van der Waals surface area contributed by atoms with E-state index >= 15 is 0 Å². The Morgan fingerprint density at radius 3 is 2.80 bits per heavy atom. The van der Waals surface area contributed by atoms with Crippen LogP contribution in [-0.4, -0.2) is 38.1 Å². The van der Waals surface area contributed by atoms with Crippen molar-refractivity contribution < 1.29 is 9.53 Å². The van der Waals surface area contributed by atoms with Crippen LogP contribution in [0.5, 0.6) is 5.88 Å². The van der Waals surface area contributed by atoms with E-state index < -0.39 is 0 Å². The number of ether oxygens (including phenoxy) is 1.